The second-order valence-electron chi connectivity index (χ2n) is 5.51. The van der Waals surface area contributed by atoms with Crippen LogP contribution < -0.4 is 14.8 Å². The monoisotopic (exact) mass is 383 g/mol. The Bertz CT molecular complexity index is 680. The zero-order valence-electron chi connectivity index (χ0n) is 14.2. The lowest BCUT2D eigenvalue weighted by atomic mass is 10.2. The highest BCUT2D eigenvalue weighted by molar-refractivity contribution is 6.32. The highest BCUT2D eigenvalue weighted by atomic mass is 35.5. The quantitative estimate of drug-likeness (QED) is 0.595. The summed E-state index contributed by atoms with van der Waals surface area (Å²) in [5.41, 5.74) is 1.96. The van der Waals surface area contributed by atoms with Crippen LogP contribution in [0.15, 0.2) is 36.4 Å². The second kappa shape index (κ2) is 10.5. The first-order chi connectivity index (χ1) is 12.1. The maximum absolute atomic E-state index is 8.82. The molecule has 2 N–H and O–H groups in total. The summed E-state index contributed by atoms with van der Waals surface area (Å²) in [6.07, 6.45) is 0.715. The average molecular weight is 384 g/mol. The Morgan fingerprint density at radius 2 is 1.92 bits per heavy atom. The lowest BCUT2D eigenvalue weighted by Gasteiger charge is -2.16. The van der Waals surface area contributed by atoms with Gasteiger partial charge in [-0.15, -0.1) is 0 Å². The molecular formula is C19H23Cl2NO3. The fourth-order valence-electron chi connectivity index (χ4n) is 2.35. The molecule has 0 saturated carbocycles. The van der Waals surface area contributed by atoms with Crippen molar-refractivity contribution in [3.8, 4) is 11.5 Å². The van der Waals surface area contributed by atoms with E-state index in [4.69, 9.17) is 37.8 Å². The molecule has 0 saturated heterocycles. The van der Waals surface area contributed by atoms with E-state index in [2.05, 4.69) is 5.32 Å². The van der Waals surface area contributed by atoms with E-state index in [0.29, 0.717) is 47.7 Å². The Balaban J connectivity index is 2.10. The minimum atomic E-state index is 0.175. The number of halogens is 2. The van der Waals surface area contributed by atoms with Crippen molar-refractivity contribution in [2.75, 3.05) is 19.8 Å². The Morgan fingerprint density at radius 3 is 2.64 bits per heavy atom. The standard InChI is InChI=1S/C19H23Cl2NO3/c1-2-24-18-11-15(12-22-7-4-8-23)10-17(21)19(18)25-13-14-5-3-6-16(20)9-14/h3,5-6,9-11,22-23H,2,4,7-8,12-13H2,1H3. The summed E-state index contributed by atoms with van der Waals surface area (Å²) in [6, 6.07) is 11.3. The van der Waals surface area contributed by atoms with Crippen molar-refractivity contribution >= 4 is 23.2 Å². The van der Waals surface area contributed by atoms with E-state index in [-0.39, 0.29) is 6.61 Å². The van der Waals surface area contributed by atoms with Crippen molar-refractivity contribution in [2.24, 2.45) is 0 Å². The zero-order valence-corrected chi connectivity index (χ0v) is 15.7. The fraction of sp³-hybridized carbons (Fsp3) is 0.368. The number of ether oxygens (including phenoxy) is 2. The normalized spacial score (nSPS) is 10.7. The Labute approximate surface area is 158 Å². The van der Waals surface area contributed by atoms with Crippen LogP contribution in [0.3, 0.4) is 0 Å². The molecule has 136 valence electrons. The zero-order chi connectivity index (χ0) is 18.1. The predicted octanol–water partition coefficient (Wildman–Crippen LogP) is 4.44. The number of hydrogen-bond donors (Lipinski definition) is 2. The van der Waals surface area contributed by atoms with Gasteiger partial charge in [0.05, 0.1) is 11.6 Å². The Morgan fingerprint density at radius 1 is 1.08 bits per heavy atom. The Kier molecular flexibility index (Phi) is 8.35. The number of rotatable bonds is 10. The maximum Gasteiger partial charge on any atom is 0.180 e. The van der Waals surface area contributed by atoms with Gasteiger partial charge in [-0.3, -0.25) is 0 Å². The molecule has 25 heavy (non-hydrogen) atoms. The summed E-state index contributed by atoms with van der Waals surface area (Å²) < 4.78 is 11.6. The lowest BCUT2D eigenvalue weighted by molar-refractivity contribution is 0.269. The molecule has 0 aliphatic rings. The molecule has 2 rings (SSSR count). The van der Waals surface area contributed by atoms with Crippen molar-refractivity contribution in [3.63, 3.8) is 0 Å². The van der Waals surface area contributed by atoms with Gasteiger partial charge in [0.15, 0.2) is 11.5 Å². The van der Waals surface area contributed by atoms with Gasteiger partial charge < -0.3 is 19.9 Å². The van der Waals surface area contributed by atoms with Crippen LogP contribution in [0.5, 0.6) is 11.5 Å². The van der Waals surface area contributed by atoms with Gasteiger partial charge in [0.25, 0.3) is 0 Å². The maximum atomic E-state index is 8.82. The van der Waals surface area contributed by atoms with Crippen LogP contribution in [0.4, 0.5) is 0 Å². The third-order valence-corrected chi connectivity index (χ3v) is 4.00. The summed E-state index contributed by atoms with van der Waals surface area (Å²) >= 11 is 12.4. The summed E-state index contributed by atoms with van der Waals surface area (Å²) in [6.45, 7) is 4.36. The molecule has 6 heteroatoms. The van der Waals surface area contributed by atoms with E-state index in [1.54, 1.807) is 0 Å². The second-order valence-corrected chi connectivity index (χ2v) is 6.35. The van der Waals surface area contributed by atoms with Crippen molar-refractivity contribution in [3.05, 3.63) is 57.6 Å². The van der Waals surface area contributed by atoms with Crippen molar-refractivity contribution in [2.45, 2.75) is 26.5 Å². The summed E-state index contributed by atoms with van der Waals surface area (Å²) in [7, 11) is 0. The molecule has 0 bridgehead atoms. The highest BCUT2D eigenvalue weighted by Gasteiger charge is 2.13. The number of nitrogens with one attached hydrogen (secondary N) is 1. The van der Waals surface area contributed by atoms with Crippen LogP contribution in [-0.2, 0) is 13.2 Å². The average Bonchev–Trinajstić information content (AvgIpc) is 2.58. The molecule has 0 aliphatic heterocycles. The molecule has 4 nitrogen and oxygen atoms in total. The van der Waals surface area contributed by atoms with Gasteiger partial charge in [0, 0.05) is 18.2 Å². The minimum Gasteiger partial charge on any atom is -0.490 e. The minimum absolute atomic E-state index is 0.175. The van der Waals surface area contributed by atoms with Crippen LogP contribution in [0, 0.1) is 0 Å². The molecule has 0 spiro atoms. The molecule has 0 fully saturated rings. The summed E-state index contributed by atoms with van der Waals surface area (Å²) in [4.78, 5) is 0. The van der Waals surface area contributed by atoms with Gasteiger partial charge in [-0.25, -0.2) is 0 Å². The third kappa shape index (κ3) is 6.40. The third-order valence-electron chi connectivity index (χ3n) is 3.48. The first-order valence-corrected chi connectivity index (χ1v) is 9.03. The molecule has 0 radical (unpaired) electrons. The largest absolute Gasteiger partial charge is 0.490 e. The SMILES string of the molecule is CCOc1cc(CNCCCO)cc(Cl)c1OCc1cccc(Cl)c1. The number of aliphatic hydroxyl groups is 1. The first-order valence-electron chi connectivity index (χ1n) is 8.28. The lowest BCUT2D eigenvalue weighted by Crippen LogP contribution is -2.15. The van der Waals surface area contributed by atoms with Crippen LogP contribution in [0.1, 0.15) is 24.5 Å². The number of hydrogen-bond acceptors (Lipinski definition) is 4. The first kappa shape index (κ1) is 19.9. The molecule has 0 unspecified atom stereocenters. The van der Waals surface area contributed by atoms with Gasteiger partial charge in [-0.2, -0.15) is 0 Å². The van der Waals surface area contributed by atoms with Gasteiger partial charge in [-0.1, -0.05) is 35.3 Å². The topological polar surface area (TPSA) is 50.7 Å². The van der Waals surface area contributed by atoms with Gasteiger partial charge in [0.2, 0.25) is 0 Å². The van der Waals surface area contributed by atoms with E-state index in [1.165, 1.54) is 0 Å². The number of aliphatic hydroxyl groups excluding tert-OH is 1. The molecule has 0 aliphatic carbocycles. The van der Waals surface area contributed by atoms with Crippen molar-refractivity contribution in [1.82, 2.24) is 5.32 Å². The van der Waals surface area contributed by atoms with Crippen LogP contribution in [0.2, 0.25) is 10.0 Å². The predicted molar refractivity (Wildman–Crippen MR) is 102 cm³/mol. The van der Waals surface area contributed by atoms with Crippen molar-refractivity contribution in [1.29, 1.82) is 0 Å². The molecule has 0 atom stereocenters. The molecule has 0 heterocycles. The van der Waals surface area contributed by atoms with E-state index in [1.807, 2.05) is 43.3 Å². The fourth-order valence-corrected chi connectivity index (χ4v) is 2.85. The van der Waals surface area contributed by atoms with E-state index in [0.717, 1.165) is 17.7 Å². The molecule has 0 aromatic heterocycles. The van der Waals surface area contributed by atoms with Crippen LogP contribution in [-0.4, -0.2) is 24.9 Å². The van der Waals surface area contributed by atoms with Gasteiger partial charge in [0.1, 0.15) is 6.61 Å². The van der Waals surface area contributed by atoms with E-state index < -0.39 is 0 Å². The smallest absolute Gasteiger partial charge is 0.180 e. The van der Waals surface area contributed by atoms with Crippen LogP contribution >= 0.6 is 23.2 Å². The summed E-state index contributed by atoms with van der Waals surface area (Å²) in [5, 5.41) is 13.2. The molecule has 2 aromatic rings. The molecular weight excluding hydrogens is 361 g/mol. The van der Waals surface area contributed by atoms with E-state index >= 15 is 0 Å². The van der Waals surface area contributed by atoms with Crippen molar-refractivity contribution < 1.29 is 14.6 Å². The van der Waals surface area contributed by atoms with Crippen LogP contribution in [0.25, 0.3) is 0 Å². The van der Waals surface area contributed by atoms with E-state index in [9.17, 15) is 0 Å². The Hall–Kier alpha value is -1.46. The van der Waals surface area contributed by atoms with Gasteiger partial charge >= 0.3 is 0 Å². The summed E-state index contributed by atoms with van der Waals surface area (Å²) in [5.74, 6) is 1.15. The number of benzene rings is 2. The van der Waals surface area contributed by atoms with Gasteiger partial charge in [-0.05, 0) is 55.3 Å². The molecule has 0 amide bonds. The molecule has 2 aromatic carbocycles. The highest BCUT2D eigenvalue weighted by Crippen LogP contribution is 2.37.